The molecule has 0 spiro atoms. The molecule has 0 radical (unpaired) electrons. The van der Waals surface area contributed by atoms with Gasteiger partial charge in [-0.15, -0.1) is 11.3 Å². The Hall–Kier alpha value is -1.36. The van der Waals surface area contributed by atoms with Gasteiger partial charge in [-0.3, -0.25) is 4.79 Å². The second-order valence-electron chi connectivity index (χ2n) is 2.13. The Bertz CT molecular complexity index is 318. The Morgan fingerprint density at radius 3 is 2.75 bits per heavy atom. The van der Waals surface area contributed by atoms with Gasteiger partial charge in [0.1, 0.15) is 5.00 Å². The van der Waals surface area contributed by atoms with Crippen LogP contribution in [0.2, 0.25) is 0 Å². The minimum Gasteiger partial charge on any atom is -0.545 e. The second-order valence-corrected chi connectivity index (χ2v) is 3.05. The lowest BCUT2D eigenvalue weighted by molar-refractivity contribution is -0.254. The molecule has 64 valence electrons. The van der Waals surface area contributed by atoms with Crippen LogP contribution in [0.4, 0.5) is 5.00 Å². The number of hydrogen-bond donors (Lipinski definition) is 1. The molecule has 0 bridgehead atoms. The van der Waals surface area contributed by atoms with Gasteiger partial charge in [0.2, 0.25) is 5.91 Å². The number of anilines is 1. The second kappa shape index (κ2) is 3.36. The number of carboxylic acids is 1. The van der Waals surface area contributed by atoms with Crippen molar-refractivity contribution in [3.63, 3.8) is 0 Å². The van der Waals surface area contributed by atoms with Gasteiger partial charge in [0.15, 0.2) is 0 Å². The Balaban J connectivity index is 2.91. The van der Waals surface area contributed by atoms with Gasteiger partial charge >= 0.3 is 0 Å². The number of thiophene rings is 1. The van der Waals surface area contributed by atoms with Gasteiger partial charge in [-0.25, -0.2) is 0 Å². The largest absolute Gasteiger partial charge is 0.545 e. The average Bonchev–Trinajstić information content (AvgIpc) is 2.33. The number of hydrogen-bond acceptors (Lipinski definition) is 4. The van der Waals surface area contributed by atoms with Crippen LogP contribution in [-0.4, -0.2) is 11.9 Å². The summed E-state index contributed by atoms with van der Waals surface area (Å²) >= 11 is 1.15. The highest BCUT2D eigenvalue weighted by atomic mass is 32.1. The van der Waals surface area contributed by atoms with Gasteiger partial charge in [-0.2, -0.15) is 0 Å². The smallest absolute Gasteiger partial charge is 0.221 e. The van der Waals surface area contributed by atoms with Crippen molar-refractivity contribution in [3.05, 3.63) is 17.0 Å². The van der Waals surface area contributed by atoms with Crippen LogP contribution in [0.25, 0.3) is 0 Å². The molecule has 0 atom stereocenters. The molecule has 0 fully saturated rings. The first-order valence-corrected chi connectivity index (χ1v) is 4.05. The van der Waals surface area contributed by atoms with Gasteiger partial charge in [0.25, 0.3) is 0 Å². The summed E-state index contributed by atoms with van der Waals surface area (Å²) in [5.74, 6) is -1.57. The quantitative estimate of drug-likeness (QED) is 0.707. The fourth-order valence-corrected chi connectivity index (χ4v) is 1.55. The first-order chi connectivity index (χ1) is 5.61. The minimum absolute atomic E-state index is 0.0233. The van der Waals surface area contributed by atoms with E-state index < -0.39 is 5.97 Å². The lowest BCUT2D eigenvalue weighted by Gasteiger charge is -2.03. The third-order valence-corrected chi connectivity index (χ3v) is 2.00. The minimum atomic E-state index is -1.28. The monoisotopic (exact) mass is 184 g/mol. The third kappa shape index (κ3) is 1.82. The molecule has 0 aliphatic heterocycles. The summed E-state index contributed by atoms with van der Waals surface area (Å²) in [6, 6.07) is 1.39. The van der Waals surface area contributed by atoms with Crippen molar-refractivity contribution in [1.29, 1.82) is 0 Å². The van der Waals surface area contributed by atoms with Crippen LogP contribution in [0.3, 0.4) is 0 Å². The standard InChI is InChI=1S/C7H7NO3S/c1-4(9)8-6-5(7(10)11)2-3-12-6/h2-3H,1H3,(H,8,9)(H,10,11)/p-1. The predicted molar refractivity (Wildman–Crippen MR) is 43.0 cm³/mol. The summed E-state index contributed by atoms with van der Waals surface area (Å²) in [5, 5.41) is 14.7. The first-order valence-electron chi connectivity index (χ1n) is 3.17. The summed E-state index contributed by atoms with van der Waals surface area (Å²) in [6.45, 7) is 1.32. The maximum Gasteiger partial charge on any atom is 0.221 e. The highest BCUT2D eigenvalue weighted by Gasteiger charge is 2.05. The number of amides is 1. The molecule has 4 nitrogen and oxygen atoms in total. The number of carbonyl (C=O) groups excluding carboxylic acids is 2. The van der Waals surface area contributed by atoms with Crippen molar-refractivity contribution in [2.24, 2.45) is 0 Å². The molecule has 1 aromatic rings. The van der Waals surface area contributed by atoms with Gasteiger partial charge in [0.05, 0.1) is 5.97 Å². The van der Waals surface area contributed by atoms with Crippen LogP contribution in [-0.2, 0) is 4.79 Å². The number of carboxylic acid groups (broad SMARTS) is 1. The van der Waals surface area contributed by atoms with Crippen molar-refractivity contribution in [2.45, 2.75) is 6.92 Å². The summed E-state index contributed by atoms with van der Waals surface area (Å²) < 4.78 is 0. The molecule has 1 aromatic heterocycles. The molecule has 1 rings (SSSR count). The molecule has 12 heavy (non-hydrogen) atoms. The topological polar surface area (TPSA) is 69.2 Å². The van der Waals surface area contributed by atoms with Crippen LogP contribution in [0.1, 0.15) is 17.3 Å². The molecular weight excluding hydrogens is 178 g/mol. The highest BCUT2D eigenvalue weighted by Crippen LogP contribution is 2.21. The molecule has 0 aromatic carbocycles. The van der Waals surface area contributed by atoms with E-state index in [9.17, 15) is 14.7 Å². The molecule has 1 amide bonds. The summed E-state index contributed by atoms with van der Waals surface area (Å²) in [4.78, 5) is 21.0. The molecule has 5 heteroatoms. The third-order valence-electron chi connectivity index (χ3n) is 1.17. The summed E-state index contributed by atoms with van der Waals surface area (Å²) in [7, 11) is 0. The van der Waals surface area contributed by atoms with Crippen molar-refractivity contribution in [1.82, 2.24) is 0 Å². The van der Waals surface area contributed by atoms with Crippen molar-refractivity contribution >= 4 is 28.2 Å². The first kappa shape index (κ1) is 8.73. The summed E-state index contributed by atoms with van der Waals surface area (Å²) in [5.41, 5.74) is 0.0233. The zero-order valence-corrected chi connectivity index (χ0v) is 7.10. The normalized spacial score (nSPS) is 9.42. The molecule has 0 saturated carbocycles. The Kier molecular flexibility index (Phi) is 2.44. The van der Waals surface area contributed by atoms with E-state index in [-0.39, 0.29) is 11.5 Å². The number of rotatable bonds is 2. The van der Waals surface area contributed by atoms with Crippen LogP contribution in [0.5, 0.6) is 0 Å². The fourth-order valence-electron chi connectivity index (χ4n) is 0.727. The molecule has 0 aliphatic carbocycles. The Morgan fingerprint density at radius 2 is 2.25 bits per heavy atom. The van der Waals surface area contributed by atoms with Crippen LogP contribution < -0.4 is 10.4 Å². The van der Waals surface area contributed by atoms with E-state index in [0.29, 0.717) is 5.00 Å². The molecule has 1 N–H and O–H groups in total. The van der Waals surface area contributed by atoms with E-state index in [1.807, 2.05) is 0 Å². The van der Waals surface area contributed by atoms with Crippen LogP contribution in [0.15, 0.2) is 11.4 Å². The number of carbonyl (C=O) groups is 2. The van der Waals surface area contributed by atoms with Gasteiger partial charge in [-0.05, 0) is 11.4 Å². The SMILES string of the molecule is CC(=O)Nc1sccc1C(=O)[O-]. The molecule has 1 heterocycles. The van der Waals surface area contributed by atoms with Crippen LogP contribution >= 0.6 is 11.3 Å². The number of aromatic carboxylic acids is 1. The van der Waals surface area contributed by atoms with Crippen LogP contribution in [0, 0.1) is 0 Å². The van der Waals surface area contributed by atoms with Gasteiger partial charge in [-0.1, -0.05) is 0 Å². The lowest BCUT2D eigenvalue weighted by atomic mass is 10.3. The van der Waals surface area contributed by atoms with E-state index in [1.165, 1.54) is 13.0 Å². The van der Waals surface area contributed by atoms with Crippen molar-refractivity contribution < 1.29 is 14.7 Å². The van der Waals surface area contributed by atoms with E-state index in [1.54, 1.807) is 5.38 Å². The zero-order valence-electron chi connectivity index (χ0n) is 6.29. The highest BCUT2D eigenvalue weighted by molar-refractivity contribution is 7.14. The average molecular weight is 184 g/mol. The molecule has 0 unspecified atom stereocenters. The van der Waals surface area contributed by atoms with E-state index in [2.05, 4.69) is 5.32 Å². The van der Waals surface area contributed by atoms with Crippen molar-refractivity contribution in [2.75, 3.05) is 5.32 Å². The molecule has 0 saturated heterocycles. The van der Waals surface area contributed by atoms with Gasteiger partial charge in [0, 0.05) is 12.5 Å². The lowest BCUT2D eigenvalue weighted by Crippen LogP contribution is -2.23. The predicted octanol–water partition coefficient (Wildman–Crippen LogP) is 0.0700. The van der Waals surface area contributed by atoms with Gasteiger partial charge < -0.3 is 15.2 Å². The van der Waals surface area contributed by atoms with E-state index in [4.69, 9.17) is 0 Å². The number of nitrogens with one attached hydrogen (secondary N) is 1. The van der Waals surface area contributed by atoms with E-state index >= 15 is 0 Å². The maximum atomic E-state index is 10.6. The fraction of sp³-hybridized carbons (Fsp3) is 0.143. The van der Waals surface area contributed by atoms with Crippen molar-refractivity contribution in [3.8, 4) is 0 Å². The molecule has 0 aliphatic rings. The molecular formula is C7H6NO3S-. The Labute approximate surface area is 72.8 Å². The maximum absolute atomic E-state index is 10.6. The van der Waals surface area contributed by atoms with E-state index in [0.717, 1.165) is 11.3 Å². The Morgan fingerprint density at radius 1 is 1.58 bits per heavy atom. The summed E-state index contributed by atoms with van der Waals surface area (Å²) in [6.07, 6.45) is 0. The zero-order chi connectivity index (χ0) is 9.14.